The summed E-state index contributed by atoms with van der Waals surface area (Å²) in [6.07, 6.45) is 8.36. The molecule has 0 spiro atoms. The number of amides is 8. The first-order valence-electron chi connectivity index (χ1n) is 34.2. The Morgan fingerprint density at radius 1 is 0.650 bits per heavy atom. The Labute approximate surface area is 585 Å². The van der Waals surface area contributed by atoms with Crippen molar-refractivity contribution in [2.45, 2.75) is 82.2 Å². The number of aromatic nitrogens is 6. The van der Waals surface area contributed by atoms with Gasteiger partial charge in [-0.25, -0.2) is 14.8 Å². The lowest BCUT2D eigenvalue weighted by Gasteiger charge is -2.37. The zero-order valence-electron chi connectivity index (χ0n) is 57.1. The monoisotopic (exact) mass is 1400 g/mol. The number of nitrogens with two attached hydrogens (primary N) is 1. The number of likely N-dealkylation sites (tertiary alicyclic amines) is 2. The summed E-state index contributed by atoms with van der Waals surface area (Å²) in [7, 11) is 4.89. The summed E-state index contributed by atoms with van der Waals surface area (Å²) in [5, 5.41) is 22.7. The van der Waals surface area contributed by atoms with Crippen LogP contribution in [0, 0.1) is 0 Å². The van der Waals surface area contributed by atoms with Crippen LogP contribution in [-0.2, 0) is 70.8 Å². The molecule has 4 saturated heterocycles. The van der Waals surface area contributed by atoms with Crippen molar-refractivity contribution >= 4 is 98.2 Å². The highest BCUT2D eigenvalue weighted by Gasteiger charge is 2.36. The predicted molar refractivity (Wildman–Crippen MR) is 371 cm³/mol. The lowest BCUT2D eigenvalue weighted by atomic mass is 9.89. The third-order valence-electron chi connectivity index (χ3n) is 18.5. The number of rotatable bonds is 35. The van der Waals surface area contributed by atoms with Gasteiger partial charge < -0.3 is 79.9 Å². The fourth-order valence-corrected chi connectivity index (χ4v) is 13.3. The average Bonchev–Trinajstić information content (AvgIpc) is 1.57. The molecule has 0 unspecified atom stereocenters. The van der Waals surface area contributed by atoms with Crippen molar-refractivity contribution in [1.82, 2.24) is 65.1 Å². The number of benzene rings is 3. The number of hydrogen-bond acceptors (Lipinski definition) is 20. The van der Waals surface area contributed by atoms with Crippen LogP contribution in [0.5, 0.6) is 0 Å². The molecule has 0 saturated carbocycles. The molecule has 31 heteroatoms. The van der Waals surface area contributed by atoms with Gasteiger partial charge in [-0.15, -0.1) is 0 Å². The van der Waals surface area contributed by atoms with Crippen LogP contribution in [0.1, 0.15) is 91.4 Å². The first-order chi connectivity index (χ1) is 48.5. The summed E-state index contributed by atoms with van der Waals surface area (Å²) < 4.78 is 36.1. The maximum Gasteiger partial charge on any atom is 0.325 e. The first kappa shape index (κ1) is 73.6. The number of nitrogens with zero attached hydrogens (tertiary/aromatic N) is 11. The lowest BCUT2D eigenvalue weighted by Crippen LogP contribution is -2.49. The van der Waals surface area contributed by atoms with Crippen LogP contribution in [0.2, 0.25) is 5.02 Å². The number of likely N-dealkylation sites (N-methyl/N-ethyl adjacent to an activating group) is 1. The summed E-state index contributed by atoms with van der Waals surface area (Å²) in [5.41, 5.74) is 11.6. The van der Waals surface area contributed by atoms with Gasteiger partial charge in [-0.1, -0.05) is 35.9 Å². The molecule has 100 heavy (non-hydrogen) atoms. The second kappa shape index (κ2) is 36.3. The summed E-state index contributed by atoms with van der Waals surface area (Å²) >= 11 is 6.95. The van der Waals surface area contributed by atoms with Crippen molar-refractivity contribution < 1.29 is 66.8 Å². The molecule has 0 aliphatic carbocycles. The second-order valence-corrected chi connectivity index (χ2v) is 25.6. The van der Waals surface area contributed by atoms with Crippen molar-refractivity contribution in [2.75, 3.05) is 162 Å². The summed E-state index contributed by atoms with van der Waals surface area (Å²) in [6, 6.07) is 17.7. The molecule has 4 fully saturated rings. The van der Waals surface area contributed by atoms with Gasteiger partial charge in [0.25, 0.3) is 5.91 Å². The number of esters is 1. The van der Waals surface area contributed by atoms with Crippen LogP contribution in [0.3, 0.4) is 0 Å². The Morgan fingerprint density at radius 2 is 1.30 bits per heavy atom. The van der Waals surface area contributed by atoms with Gasteiger partial charge in [-0.2, -0.15) is 10.2 Å². The number of ether oxygens (including phenoxy) is 6. The molecule has 3 aromatic heterocycles. The molecule has 30 nitrogen and oxygen atoms in total. The van der Waals surface area contributed by atoms with Gasteiger partial charge in [0.05, 0.1) is 121 Å². The number of piperidine rings is 3. The van der Waals surface area contributed by atoms with Crippen LogP contribution in [0.4, 0.5) is 22.1 Å². The Balaban J connectivity index is 0.534. The van der Waals surface area contributed by atoms with Crippen molar-refractivity contribution in [3.8, 4) is 11.1 Å². The summed E-state index contributed by atoms with van der Waals surface area (Å²) in [6.45, 7) is 7.94. The molecular formula is C69H91ClN16O14. The van der Waals surface area contributed by atoms with Gasteiger partial charge in [-0.3, -0.25) is 42.9 Å². The number of methoxy groups -OCH3 is 1. The van der Waals surface area contributed by atoms with Crippen molar-refractivity contribution in [3.05, 3.63) is 89.0 Å². The molecule has 3 aromatic carbocycles. The zero-order chi connectivity index (χ0) is 70.5. The zero-order valence-corrected chi connectivity index (χ0v) is 57.8. The van der Waals surface area contributed by atoms with E-state index in [2.05, 4.69) is 53.1 Å². The van der Waals surface area contributed by atoms with E-state index in [9.17, 15) is 38.4 Å². The summed E-state index contributed by atoms with van der Waals surface area (Å²) in [4.78, 5) is 120. The number of fused-ring (bicyclic) bond motifs is 2. The molecule has 6 aromatic rings. The highest BCUT2D eigenvalue weighted by Crippen LogP contribution is 2.42. The Bertz CT molecular complexity index is 3820. The molecule has 6 N–H and O–H groups in total. The van der Waals surface area contributed by atoms with Crippen LogP contribution in [-0.4, -0.2) is 255 Å². The van der Waals surface area contributed by atoms with E-state index in [1.807, 2.05) is 66.4 Å². The normalized spacial score (nSPS) is 16.2. The van der Waals surface area contributed by atoms with Crippen LogP contribution >= 0.6 is 11.6 Å². The molecule has 538 valence electrons. The maximum atomic E-state index is 13.4. The molecule has 7 heterocycles. The minimum atomic E-state index is -0.687. The lowest BCUT2D eigenvalue weighted by molar-refractivity contribution is -0.141. The second-order valence-electron chi connectivity index (χ2n) is 25.2. The number of nitrogens with one attached hydrogen (secondary N) is 4. The van der Waals surface area contributed by atoms with Crippen LogP contribution in [0.25, 0.3) is 32.9 Å². The highest BCUT2D eigenvalue weighted by atomic mass is 35.5. The quantitative estimate of drug-likeness (QED) is 0.0276. The number of carbonyl (C=O) groups excluding carboxylic acids is 8. The van der Waals surface area contributed by atoms with Gasteiger partial charge in [0, 0.05) is 119 Å². The minimum absolute atomic E-state index is 0.0328. The van der Waals surface area contributed by atoms with E-state index in [1.165, 1.54) is 12.7 Å². The van der Waals surface area contributed by atoms with Crippen molar-refractivity contribution in [1.29, 1.82) is 0 Å². The van der Waals surface area contributed by atoms with E-state index in [-0.39, 0.29) is 92.9 Å². The third kappa shape index (κ3) is 19.9. The largest absolute Gasteiger partial charge is 0.468 e. The average molecular weight is 1400 g/mol. The predicted octanol–water partition coefficient (Wildman–Crippen LogP) is 4.10. The van der Waals surface area contributed by atoms with Crippen LogP contribution in [0.15, 0.2) is 67.0 Å². The Morgan fingerprint density at radius 3 is 1.96 bits per heavy atom. The van der Waals surface area contributed by atoms with E-state index in [0.717, 1.165) is 71.0 Å². The highest BCUT2D eigenvalue weighted by molar-refractivity contribution is 6.34. The fraction of sp³-hybridized carbons (Fsp3) is 0.536. The van der Waals surface area contributed by atoms with Gasteiger partial charge in [0.1, 0.15) is 18.9 Å². The number of aryl methyl sites for hydroxylation is 1. The number of primary amides is 1. The van der Waals surface area contributed by atoms with Crippen molar-refractivity contribution in [2.24, 2.45) is 12.8 Å². The Hall–Kier alpha value is -9.07. The SMILES string of the molecule is COC(=O)CNC(=O)CNC(=O)Cn1nc(C2CCN(C(=O)CCC(=O)NCCOCCOCCOCCOCCOCCC(=O)N3CCC(c4ccc(Nc5nc(N6CCC[C@@H](N7CCN(C)C7=O)C6)cnc5C(N)=O)cc4)CC3)CC2)c2c(-c3cc4c(cnn4C)cc3Cl)cccc21. The number of carbonyl (C=O) groups is 8. The third-order valence-corrected chi connectivity index (χ3v) is 18.9. The van der Waals surface area contributed by atoms with Gasteiger partial charge in [0.15, 0.2) is 11.5 Å². The number of halogens is 1. The van der Waals surface area contributed by atoms with E-state index in [0.29, 0.717) is 147 Å². The number of hydrogen-bond donors (Lipinski definition) is 5. The first-order valence-corrected chi connectivity index (χ1v) is 34.6. The smallest absolute Gasteiger partial charge is 0.325 e. The molecular weight excluding hydrogens is 1310 g/mol. The molecule has 10 rings (SSSR count). The molecule has 1 atom stereocenters. The maximum absolute atomic E-state index is 13.4. The van der Waals surface area contributed by atoms with E-state index in [4.69, 9.17) is 51.1 Å². The van der Waals surface area contributed by atoms with Gasteiger partial charge in [0.2, 0.25) is 29.5 Å². The molecule has 4 aliphatic rings. The molecule has 0 bridgehead atoms. The van der Waals surface area contributed by atoms with Gasteiger partial charge >= 0.3 is 12.0 Å². The molecule has 4 aliphatic heterocycles. The van der Waals surface area contributed by atoms with E-state index < -0.39 is 23.7 Å². The number of urea groups is 1. The summed E-state index contributed by atoms with van der Waals surface area (Å²) in [5.74, 6) is -1.54. The minimum Gasteiger partial charge on any atom is -0.468 e. The fourth-order valence-electron chi connectivity index (χ4n) is 13.0. The van der Waals surface area contributed by atoms with Crippen molar-refractivity contribution in [3.63, 3.8) is 0 Å². The van der Waals surface area contributed by atoms with Crippen LogP contribution < -0.4 is 31.9 Å². The standard InChI is InChI=1S/C69H91ClN16O14/c1-80-26-27-85(69(80)94)51-6-5-21-84(44-51)57-41-75-66(67(71)93)68(78-57)77-50-11-9-46(10-12-50)47-15-22-83(23-16-47)62(91)19-28-96-30-32-98-34-36-100-37-35-99-33-31-97-29-20-72-58(87)13-14-61(90)82-24-17-48(18-25-82)65-64-52(53-39-56-49(38-54(53)70)40-76-81(56)2)7-4-8-55(64)86(79-65)45-60(89)73-42-59(88)74-43-63(92)95-3/h4,7-12,38-41,47-48,51H,5-6,13-37,42-45H2,1-3H3,(H2,71,93)(H,72,87)(H,73,89)(H,74,88)(H,77,78)/t51-/m1/s1. The Kier molecular flexibility index (Phi) is 26.7. The van der Waals surface area contributed by atoms with E-state index >= 15 is 0 Å². The molecule has 8 amide bonds. The topological polar surface area (TPSA) is 344 Å². The van der Waals surface area contributed by atoms with E-state index in [1.54, 1.807) is 31.6 Å². The number of anilines is 3. The van der Waals surface area contributed by atoms with Gasteiger partial charge in [-0.05, 0) is 85.9 Å². The molecule has 0 radical (unpaired) electrons.